The number of carboxylic acids is 1. The van der Waals surface area contributed by atoms with Gasteiger partial charge in [0.25, 0.3) is 0 Å². The Morgan fingerprint density at radius 2 is 2.24 bits per heavy atom. The minimum atomic E-state index is -3.87. The largest absolute Gasteiger partial charge is 0.493 e. The van der Waals surface area contributed by atoms with Crippen LogP contribution in [0.15, 0.2) is 23.1 Å². The van der Waals surface area contributed by atoms with E-state index in [4.69, 9.17) is 14.6 Å². The Balaban J connectivity index is 2.30. The molecule has 1 N–H and O–H groups in total. The third-order valence-corrected chi connectivity index (χ3v) is 5.00. The first kappa shape index (κ1) is 15.7. The maximum absolute atomic E-state index is 12.5. The Morgan fingerprint density at radius 3 is 2.90 bits per heavy atom. The second kappa shape index (κ2) is 6.42. The van der Waals surface area contributed by atoms with Crippen LogP contribution in [0.4, 0.5) is 0 Å². The Labute approximate surface area is 123 Å². The van der Waals surface area contributed by atoms with E-state index in [1.807, 2.05) is 0 Å². The number of methoxy groups -OCH3 is 1. The maximum atomic E-state index is 12.5. The molecule has 2 rings (SSSR count). The van der Waals surface area contributed by atoms with Crippen LogP contribution in [0.2, 0.25) is 0 Å². The summed E-state index contributed by atoms with van der Waals surface area (Å²) in [5.41, 5.74) is 0.818. The first-order valence-electron chi connectivity index (χ1n) is 6.42. The molecule has 1 aliphatic heterocycles. The van der Waals surface area contributed by atoms with E-state index < -0.39 is 22.5 Å². The van der Waals surface area contributed by atoms with Crippen molar-refractivity contribution in [3.63, 3.8) is 0 Å². The Bertz CT molecular complexity index is 628. The standard InChI is InChI=1S/C13H17NO6S/c1-19-7-5-14(9-13(15)16)21(17,18)11-2-3-12-10(8-11)4-6-20-12/h2-3,8H,4-7,9H2,1H3,(H,15,16). The summed E-state index contributed by atoms with van der Waals surface area (Å²) in [7, 11) is -2.44. The zero-order valence-corrected chi connectivity index (χ0v) is 12.4. The summed E-state index contributed by atoms with van der Waals surface area (Å²) in [6.45, 7) is 0.0416. The van der Waals surface area contributed by atoms with Crippen molar-refractivity contribution in [3.8, 4) is 5.75 Å². The van der Waals surface area contributed by atoms with Gasteiger partial charge in [0.15, 0.2) is 0 Å². The number of sulfonamides is 1. The van der Waals surface area contributed by atoms with Gasteiger partial charge in [0.2, 0.25) is 10.0 Å². The normalized spacial score (nSPS) is 14.0. The molecule has 0 fully saturated rings. The van der Waals surface area contributed by atoms with Gasteiger partial charge in [0, 0.05) is 20.1 Å². The summed E-state index contributed by atoms with van der Waals surface area (Å²) in [5.74, 6) is -0.533. The molecule has 0 spiro atoms. The summed E-state index contributed by atoms with van der Waals surface area (Å²) in [5, 5.41) is 8.88. The number of aliphatic carboxylic acids is 1. The first-order chi connectivity index (χ1) is 9.95. The Morgan fingerprint density at radius 1 is 1.48 bits per heavy atom. The van der Waals surface area contributed by atoms with Gasteiger partial charge in [0.1, 0.15) is 12.3 Å². The third-order valence-electron chi connectivity index (χ3n) is 3.16. The molecule has 1 aromatic rings. The van der Waals surface area contributed by atoms with Crippen LogP contribution in [0.25, 0.3) is 0 Å². The number of carboxylic acid groups (broad SMARTS) is 1. The molecule has 0 aromatic heterocycles. The highest BCUT2D eigenvalue weighted by atomic mass is 32.2. The van der Waals surface area contributed by atoms with E-state index in [1.165, 1.54) is 13.2 Å². The minimum absolute atomic E-state index is 0.0152. The quantitative estimate of drug-likeness (QED) is 0.780. The van der Waals surface area contributed by atoms with E-state index in [0.29, 0.717) is 18.8 Å². The van der Waals surface area contributed by atoms with E-state index in [9.17, 15) is 13.2 Å². The van der Waals surface area contributed by atoms with Crippen molar-refractivity contribution in [1.82, 2.24) is 4.31 Å². The zero-order chi connectivity index (χ0) is 15.5. The molecule has 1 aromatic carbocycles. The summed E-state index contributed by atoms with van der Waals surface area (Å²) in [6, 6.07) is 4.57. The van der Waals surface area contributed by atoms with Crippen molar-refractivity contribution in [3.05, 3.63) is 23.8 Å². The Hall–Kier alpha value is -1.64. The second-order valence-corrected chi connectivity index (χ2v) is 6.53. The highest BCUT2D eigenvalue weighted by Gasteiger charge is 2.27. The third kappa shape index (κ3) is 3.52. The van der Waals surface area contributed by atoms with Crippen LogP contribution in [-0.2, 0) is 26.0 Å². The molecule has 8 heteroatoms. The summed E-state index contributed by atoms with van der Waals surface area (Å²) >= 11 is 0. The number of rotatable bonds is 7. The first-order valence-corrected chi connectivity index (χ1v) is 7.86. The average Bonchev–Trinajstić information content (AvgIpc) is 2.90. The highest BCUT2D eigenvalue weighted by Crippen LogP contribution is 2.28. The topological polar surface area (TPSA) is 93.1 Å². The summed E-state index contributed by atoms with van der Waals surface area (Å²) in [6.07, 6.45) is 0.649. The van der Waals surface area contributed by atoms with Crippen molar-refractivity contribution in [1.29, 1.82) is 0 Å². The van der Waals surface area contributed by atoms with Gasteiger partial charge in [-0.25, -0.2) is 8.42 Å². The van der Waals surface area contributed by atoms with Gasteiger partial charge in [-0.15, -0.1) is 0 Å². The lowest BCUT2D eigenvalue weighted by Gasteiger charge is -2.20. The lowest BCUT2D eigenvalue weighted by atomic mass is 10.2. The lowest BCUT2D eigenvalue weighted by Crippen LogP contribution is -2.38. The van der Waals surface area contributed by atoms with Crippen molar-refractivity contribution in [2.24, 2.45) is 0 Å². The molecule has 116 valence electrons. The molecule has 0 saturated heterocycles. The van der Waals surface area contributed by atoms with E-state index in [0.717, 1.165) is 9.87 Å². The fourth-order valence-corrected chi connectivity index (χ4v) is 3.53. The van der Waals surface area contributed by atoms with Crippen LogP contribution in [-0.4, -0.2) is 57.2 Å². The molecule has 0 amide bonds. The molecule has 0 aliphatic carbocycles. The molecule has 0 atom stereocenters. The van der Waals surface area contributed by atoms with Crippen LogP contribution in [0, 0.1) is 0 Å². The summed E-state index contributed by atoms with van der Waals surface area (Å²) in [4.78, 5) is 10.9. The van der Waals surface area contributed by atoms with Crippen molar-refractivity contribution >= 4 is 16.0 Å². The van der Waals surface area contributed by atoms with E-state index in [-0.39, 0.29) is 18.0 Å². The van der Waals surface area contributed by atoms with E-state index >= 15 is 0 Å². The molecule has 0 bridgehead atoms. The van der Waals surface area contributed by atoms with Gasteiger partial charge in [0.05, 0.1) is 18.1 Å². The molecular weight excluding hydrogens is 298 g/mol. The van der Waals surface area contributed by atoms with Gasteiger partial charge < -0.3 is 14.6 Å². The van der Waals surface area contributed by atoms with Crippen molar-refractivity contribution in [2.75, 3.05) is 33.4 Å². The Kier molecular flexibility index (Phi) is 4.81. The molecule has 0 unspecified atom stereocenters. The monoisotopic (exact) mass is 315 g/mol. The van der Waals surface area contributed by atoms with Crippen LogP contribution < -0.4 is 4.74 Å². The van der Waals surface area contributed by atoms with E-state index in [2.05, 4.69) is 0 Å². The van der Waals surface area contributed by atoms with Gasteiger partial charge in [-0.1, -0.05) is 0 Å². The van der Waals surface area contributed by atoms with Crippen LogP contribution in [0.3, 0.4) is 0 Å². The lowest BCUT2D eigenvalue weighted by molar-refractivity contribution is -0.137. The van der Waals surface area contributed by atoms with E-state index in [1.54, 1.807) is 12.1 Å². The maximum Gasteiger partial charge on any atom is 0.318 e. The molecule has 7 nitrogen and oxygen atoms in total. The highest BCUT2D eigenvalue weighted by molar-refractivity contribution is 7.89. The second-order valence-electron chi connectivity index (χ2n) is 4.59. The smallest absolute Gasteiger partial charge is 0.318 e. The number of hydrogen-bond donors (Lipinski definition) is 1. The minimum Gasteiger partial charge on any atom is -0.493 e. The average molecular weight is 315 g/mol. The fourth-order valence-electron chi connectivity index (χ4n) is 2.10. The number of carbonyl (C=O) groups is 1. The molecule has 1 heterocycles. The molecule has 21 heavy (non-hydrogen) atoms. The van der Waals surface area contributed by atoms with Gasteiger partial charge in [-0.3, -0.25) is 4.79 Å². The number of nitrogens with zero attached hydrogens (tertiary/aromatic N) is 1. The number of benzene rings is 1. The SMILES string of the molecule is COCCN(CC(=O)O)S(=O)(=O)c1ccc2c(c1)CCO2. The summed E-state index contributed by atoms with van der Waals surface area (Å²) < 4.78 is 36.2. The molecule has 0 saturated carbocycles. The van der Waals surface area contributed by atoms with Gasteiger partial charge >= 0.3 is 5.97 Å². The van der Waals surface area contributed by atoms with Crippen LogP contribution in [0.5, 0.6) is 5.75 Å². The van der Waals surface area contributed by atoms with Gasteiger partial charge in [-0.2, -0.15) is 4.31 Å². The molecule has 1 aliphatic rings. The zero-order valence-electron chi connectivity index (χ0n) is 11.6. The fraction of sp³-hybridized carbons (Fsp3) is 0.462. The van der Waals surface area contributed by atoms with Crippen molar-refractivity contribution in [2.45, 2.75) is 11.3 Å². The number of hydrogen-bond acceptors (Lipinski definition) is 5. The van der Waals surface area contributed by atoms with Crippen molar-refractivity contribution < 1.29 is 27.8 Å². The van der Waals surface area contributed by atoms with Crippen LogP contribution >= 0.6 is 0 Å². The number of ether oxygens (including phenoxy) is 2. The predicted molar refractivity (Wildman–Crippen MR) is 73.9 cm³/mol. The molecule has 0 radical (unpaired) electrons. The molecular formula is C13H17NO6S. The van der Waals surface area contributed by atoms with Gasteiger partial charge in [-0.05, 0) is 23.8 Å². The number of fused-ring (bicyclic) bond motifs is 1. The predicted octanol–water partition coefficient (Wildman–Crippen LogP) is 0.343. The van der Waals surface area contributed by atoms with Crippen LogP contribution in [0.1, 0.15) is 5.56 Å².